The van der Waals surface area contributed by atoms with E-state index in [1.807, 2.05) is 24.3 Å². The third-order valence-corrected chi connectivity index (χ3v) is 6.54. The van der Waals surface area contributed by atoms with Crippen LogP contribution in [0, 0.1) is 11.3 Å². The van der Waals surface area contributed by atoms with Crippen LogP contribution >= 0.6 is 0 Å². The summed E-state index contributed by atoms with van der Waals surface area (Å²) in [6.07, 6.45) is 7.23. The Bertz CT molecular complexity index is 1610. The third kappa shape index (κ3) is 4.14. The van der Waals surface area contributed by atoms with Gasteiger partial charge in [-0.15, -0.1) is 0 Å². The number of aromatic hydroxyl groups is 1. The van der Waals surface area contributed by atoms with Crippen LogP contribution in [-0.4, -0.2) is 53.8 Å². The molecule has 1 aromatic carbocycles. The average Bonchev–Trinajstić information content (AvgIpc) is 3.52. The maximum absolute atomic E-state index is 11.5. The van der Waals surface area contributed by atoms with Gasteiger partial charge < -0.3 is 15.0 Å². The molecular weight excluding hydrogens is 446 g/mol. The van der Waals surface area contributed by atoms with Crippen LogP contribution in [0.25, 0.3) is 11.7 Å². The topological polar surface area (TPSA) is 151 Å². The largest absolute Gasteiger partial charge is 0.493 e. The van der Waals surface area contributed by atoms with Gasteiger partial charge in [0.2, 0.25) is 11.8 Å². The summed E-state index contributed by atoms with van der Waals surface area (Å²) in [6.45, 7) is 1.59. The summed E-state index contributed by atoms with van der Waals surface area (Å²) in [5.41, 5.74) is 2.75. The van der Waals surface area contributed by atoms with Gasteiger partial charge in [-0.3, -0.25) is 4.98 Å². The summed E-state index contributed by atoms with van der Waals surface area (Å²) in [4.78, 5) is 32.9. The molecule has 0 amide bonds. The number of nitrogens with one attached hydrogen (secondary N) is 2. The van der Waals surface area contributed by atoms with Gasteiger partial charge in [0.05, 0.1) is 23.9 Å². The van der Waals surface area contributed by atoms with Gasteiger partial charge in [0.15, 0.2) is 5.65 Å². The summed E-state index contributed by atoms with van der Waals surface area (Å²) in [7, 11) is 0. The Hall–Kier alpha value is -4.46. The molecule has 4 heterocycles. The number of nitriles is 1. The maximum atomic E-state index is 11.5. The molecule has 1 saturated heterocycles. The zero-order chi connectivity index (χ0) is 23.9. The van der Waals surface area contributed by atoms with E-state index in [1.54, 1.807) is 16.8 Å². The number of hydrogen-bond donors (Lipinski definition) is 3. The molecule has 2 fully saturated rings. The molecule has 4 aromatic rings. The van der Waals surface area contributed by atoms with E-state index in [0.29, 0.717) is 33.9 Å². The molecule has 0 atom stereocenters. The molecule has 2 aliphatic rings. The van der Waals surface area contributed by atoms with Gasteiger partial charge in [0.25, 0.3) is 5.62 Å². The number of aromatic nitrogens is 6. The predicted molar refractivity (Wildman–Crippen MR) is 127 cm³/mol. The summed E-state index contributed by atoms with van der Waals surface area (Å²) in [5.74, 6) is 0.777. The van der Waals surface area contributed by atoms with Crippen molar-refractivity contribution in [3.63, 3.8) is 0 Å². The lowest BCUT2D eigenvalue weighted by Crippen LogP contribution is -2.36. The predicted octanol–water partition coefficient (Wildman–Crippen LogP) is 0.713. The Kier molecular flexibility index (Phi) is 5.06. The van der Waals surface area contributed by atoms with Crippen molar-refractivity contribution in [1.29, 1.82) is 5.26 Å². The summed E-state index contributed by atoms with van der Waals surface area (Å²) < 4.78 is 1.61. The fourth-order valence-electron chi connectivity index (χ4n) is 4.45. The Labute approximate surface area is 199 Å². The molecule has 11 heteroatoms. The number of H-pyrrole nitrogens is 2. The normalized spacial score (nSPS) is 17.9. The SMILES string of the molecule is N#Cc1ccc(C2CCN(c3nc(=NC4CC4)n4ncc(=Cc5[nH]c(=O)[nH]c5O)c4n3)CC2)cc1. The van der Waals surface area contributed by atoms with E-state index in [1.165, 1.54) is 5.56 Å². The van der Waals surface area contributed by atoms with Crippen molar-refractivity contribution < 1.29 is 5.11 Å². The van der Waals surface area contributed by atoms with E-state index in [-0.39, 0.29) is 17.6 Å². The second-order valence-electron chi connectivity index (χ2n) is 9.00. The minimum absolute atomic E-state index is 0.239. The molecule has 0 radical (unpaired) electrons. The van der Waals surface area contributed by atoms with Crippen LogP contribution in [0.2, 0.25) is 0 Å². The molecule has 3 N–H and O–H groups in total. The lowest BCUT2D eigenvalue weighted by molar-refractivity contribution is 0.454. The molecule has 35 heavy (non-hydrogen) atoms. The van der Waals surface area contributed by atoms with Crippen molar-refractivity contribution in [1.82, 2.24) is 29.5 Å². The number of benzene rings is 1. The van der Waals surface area contributed by atoms with Gasteiger partial charge in [-0.05, 0) is 55.4 Å². The number of nitrogens with zero attached hydrogens (tertiary/aromatic N) is 7. The first-order chi connectivity index (χ1) is 17.1. The second-order valence-corrected chi connectivity index (χ2v) is 9.00. The Morgan fingerprint density at radius 3 is 2.54 bits per heavy atom. The standard InChI is InChI=1S/C24H23N9O2/c25-12-14-1-3-15(4-2-14)16-7-9-32(10-8-16)22-29-20-17(11-19-21(34)30-24(35)28-19)13-26-33(20)23(31-22)27-18-5-6-18/h1-4,11,13,16,18,34H,5-10H2,(H2,28,30,35). The van der Waals surface area contributed by atoms with Crippen molar-refractivity contribution >= 4 is 17.7 Å². The molecule has 0 spiro atoms. The maximum Gasteiger partial charge on any atom is 0.326 e. The van der Waals surface area contributed by atoms with E-state index in [9.17, 15) is 9.90 Å². The van der Waals surface area contributed by atoms with Gasteiger partial charge in [-0.25, -0.2) is 9.79 Å². The van der Waals surface area contributed by atoms with Crippen LogP contribution in [0.15, 0.2) is 40.2 Å². The number of hydrogen-bond acceptors (Lipinski definition) is 8. The minimum Gasteiger partial charge on any atom is -0.493 e. The monoisotopic (exact) mass is 469 g/mol. The van der Waals surface area contributed by atoms with Crippen LogP contribution in [0.4, 0.5) is 5.95 Å². The molecule has 176 valence electrons. The molecule has 0 unspecified atom stereocenters. The van der Waals surface area contributed by atoms with E-state index >= 15 is 0 Å². The zero-order valence-corrected chi connectivity index (χ0v) is 18.8. The van der Waals surface area contributed by atoms with Crippen LogP contribution in [0.5, 0.6) is 5.88 Å². The van der Waals surface area contributed by atoms with Crippen molar-refractivity contribution in [3.8, 4) is 11.9 Å². The smallest absolute Gasteiger partial charge is 0.326 e. The summed E-state index contributed by atoms with van der Waals surface area (Å²) in [5, 5.41) is 24.1. The van der Waals surface area contributed by atoms with Gasteiger partial charge >= 0.3 is 5.69 Å². The summed E-state index contributed by atoms with van der Waals surface area (Å²) >= 11 is 0. The molecular formula is C24H23N9O2. The molecule has 6 rings (SSSR count). The highest BCUT2D eigenvalue weighted by atomic mass is 16.3. The number of imidazole rings is 1. The van der Waals surface area contributed by atoms with Crippen molar-refractivity contribution in [2.75, 3.05) is 18.0 Å². The highest BCUT2D eigenvalue weighted by Crippen LogP contribution is 2.29. The molecule has 1 aliphatic heterocycles. The molecule has 1 saturated carbocycles. The zero-order valence-electron chi connectivity index (χ0n) is 18.8. The van der Waals surface area contributed by atoms with Gasteiger partial charge in [0.1, 0.15) is 5.69 Å². The number of anilines is 1. The molecule has 0 bridgehead atoms. The van der Waals surface area contributed by atoms with Gasteiger partial charge in [-0.1, -0.05) is 12.1 Å². The fraction of sp³-hybridized carbons (Fsp3) is 0.333. The fourth-order valence-corrected chi connectivity index (χ4v) is 4.45. The Balaban J connectivity index is 1.34. The van der Waals surface area contributed by atoms with Crippen LogP contribution < -0.4 is 21.4 Å². The van der Waals surface area contributed by atoms with E-state index in [0.717, 1.165) is 38.8 Å². The van der Waals surface area contributed by atoms with E-state index in [2.05, 4.69) is 26.0 Å². The van der Waals surface area contributed by atoms with Crippen molar-refractivity contribution in [2.45, 2.75) is 37.6 Å². The third-order valence-electron chi connectivity index (χ3n) is 6.54. The van der Waals surface area contributed by atoms with Crippen molar-refractivity contribution in [3.05, 3.63) is 68.6 Å². The average molecular weight is 470 g/mol. The van der Waals surface area contributed by atoms with Crippen LogP contribution in [0.1, 0.15) is 48.4 Å². The number of piperidine rings is 1. The minimum atomic E-state index is -0.491. The number of fused-ring (bicyclic) bond motifs is 1. The number of rotatable bonds is 4. The molecule has 11 nitrogen and oxygen atoms in total. The Morgan fingerprint density at radius 1 is 1.11 bits per heavy atom. The van der Waals surface area contributed by atoms with Gasteiger partial charge in [0, 0.05) is 18.3 Å². The molecule has 1 aliphatic carbocycles. The first kappa shape index (κ1) is 21.1. The Morgan fingerprint density at radius 2 is 1.89 bits per heavy atom. The quantitative estimate of drug-likeness (QED) is 0.398. The highest BCUT2D eigenvalue weighted by Gasteiger charge is 2.24. The highest BCUT2D eigenvalue weighted by molar-refractivity contribution is 5.57. The van der Waals surface area contributed by atoms with Crippen LogP contribution in [-0.2, 0) is 0 Å². The lowest BCUT2D eigenvalue weighted by atomic mass is 9.89. The van der Waals surface area contributed by atoms with Gasteiger partial charge in [-0.2, -0.15) is 24.8 Å². The first-order valence-corrected chi connectivity index (χ1v) is 11.6. The van der Waals surface area contributed by atoms with E-state index in [4.69, 9.17) is 20.2 Å². The second kappa shape index (κ2) is 8.39. The lowest BCUT2D eigenvalue weighted by Gasteiger charge is -2.32. The first-order valence-electron chi connectivity index (χ1n) is 11.6. The molecule has 3 aromatic heterocycles. The van der Waals surface area contributed by atoms with Crippen LogP contribution in [0.3, 0.4) is 0 Å². The summed E-state index contributed by atoms with van der Waals surface area (Å²) in [6, 6.07) is 10.3. The van der Waals surface area contributed by atoms with E-state index < -0.39 is 5.69 Å². The number of aromatic amines is 2. The van der Waals surface area contributed by atoms with Crippen molar-refractivity contribution in [2.24, 2.45) is 4.99 Å².